The third-order valence-corrected chi connectivity index (χ3v) is 12.0. The Morgan fingerprint density at radius 3 is 2.20 bits per heavy atom. The molecule has 2 saturated heterocycles. The number of carbonyl (C=O) groups excluding carboxylic acids is 4. The van der Waals surface area contributed by atoms with Gasteiger partial charge in [-0.1, -0.05) is 62.3 Å². The number of rotatable bonds is 12. The van der Waals surface area contributed by atoms with Crippen molar-refractivity contribution in [1.82, 2.24) is 19.8 Å². The first-order valence-corrected chi connectivity index (χ1v) is 17.6. The van der Waals surface area contributed by atoms with Crippen LogP contribution >= 0.6 is 0 Å². The van der Waals surface area contributed by atoms with E-state index in [1.54, 1.807) is 4.90 Å². The number of nitrogens with zero attached hydrogens (tertiary/aromatic N) is 2. The van der Waals surface area contributed by atoms with Crippen molar-refractivity contribution in [2.24, 2.45) is 39.9 Å². The van der Waals surface area contributed by atoms with Crippen molar-refractivity contribution in [3.63, 3.8) is 0 Å². The number of hydrogen-bond acceptors (Lipinski definition) is 6. The molecule has 44 heavy (non-hydrogen) atoms. The molecular formula is C33H54N4O6S. The molecule has 3 amide bonds. The standard InChI is InChI=1S/C33H54N4O6S/c1-11-13-15-23(27(38)29(40)34-16-12-2)35-28(39)26-24-22(33(24,9)10)20-37(26)30(41)25(32(6,7)8)21(31(3,4)5)19-36-17-14-18-44(36,42)43/h1,21-26H,12-20H2,2-10H3,(H,34,40)(H,35,39)/t21-,22-,23?,24-,25?,26-/m0/s1. The number of carbonyl (C=O) groups is 4. The minimum atomic E-state index is -3.38. The highest BCUT2D eigenvalue weighted by Gasteiger charge is 2.70. The molecule has 0 radical (unpaired) electrons. The molecule has 0 aromatic rings. The predicted molar refractivity (Wildman–Crippen MR) is 170 cm³/mol. The number of amides is 3. The zero-order valence-corrected chi connectivity index (χ0v) is 29.0. The molecule has 2 N–H and O–H groups in total. The third-order valence-electron chi connectivity index (χ3n) is 10.0. The van der Waals surface area contributed by atoms with E-state index in [9.17, 15) is 27.6 Å². The lowest BCUT2D eigenvalue weighted by Crippen LogP contribution is -2.58. The summed E-state index contributed by atoms with van der Waals surface area (Å²) >= 11 is 0. The smallest absolute Gasteiger partial charge is 0.289 e. The number of fused-ring (bicyclic) bond motifs is 1. The number of terminal acetylenes is 1. The Hall–Kier alpha value is -2.45. The van der Waals surface area contributed by atoms with Crippen molar-refractivity contribution in [3.8, 4) is 12.3 Å². The van der Waals surface area contributed by atoms with Crippen molar-refractivity contribution in [3.05, 3.63) is 0 Å². The zero-order chi connectivity index (χ0) is 33.4. The first kappa shape index (κ1) is 36.0. The van der Waals surface area contributed by atoms with E-state index in [-0.39, 0.29) is 54.2 Å². The highest BCUT2D eigenvalue weighted by molar-refractivity contribution is 7.89. The fourth-order valence-corrected chi connectivity index (χ4v) is 8.92. The fraction of sp³-hybridized carbons (Fsp3) is 0.818. The minimum Gasteiger partial charge on any atom is -0.349 e. The van der Waals surface area contributed by atoms with Gasteiger partial charge in [-0.15, -0.1) is 12.3 Å². The molecule has 0 spiro atoms. The van der Waals surface area contributed by atoms with Crippen molar-refractivity contribution >= 4 is 33.5 Å². The van der Waals surface area contributed by atoms with Crippen LogP contribution in [0.1, 0.15) is 88.0 Å². The molecule has 1 aliphatic carbocycles. The number of hydrogen-bond donors (Lipinski definition) is 2. The molecule has 248 valence electrons. The molecule has 1 saturated carbocycles. The number of Topliss-reactive ketones (excluding diaryl/α,β-unsaturated/α-hetero) is 1. The Bertz CT molecular complexity index is 1270. The maximum atomic E-state index is 14.7. The fourth-order valence-electron chi connectivity index (χ4n) is 7.37. The summed E-state index contributed by atoms with van der Waals surface area (Å²) < 4.78 is 27.2. The van der Waals surface area contributed by atoms with Crippen LogP contribution in [0.3, 0.4) is 0 Å². The van der Waals surface area contributed by atoms with Crippen molar-refractivity contribution in [2.45, 2.75) is 100 Å². The van der Waals surface area contributed by atoms with Crippen LogP contribution in [-0.2, 0) is 29.2 Å². The van der Waals surface area contributed by atoms with E-state index in [1.807, 2.05) is 48.5 Å². The third kappa shape index (κ3) is 7.50. The number of likely N-dealkylation sites (tertiary alicyclic amines) is 1. The van der Waals surface area contributed by atoms with Gasteiger partial charge in [-0.3, -0.25) is 19.2 Å². The lowest BCUT2D eigenvalue weighted by Gasteiger charge is -2.46. The van der Waals surface area contributed by atoms with Gasteiger partial charge in [0, 0.05) is 38.5 Å². The van der Waals surface area contributed by atoms with Crippen LogP contribution in [0.5, 0.6) is 0 Å². The van der Waals surface area contributed by atoms with Crippen molar-refractivity contribution in [2.75, 3.05) is 31.9 Å². The van der Waals surface area contributed by atoms with Crippen molar-refractivity contribution in [1.29, 1.82) is 0 Å². The summed E-state index contributed by atoms with van der Waals surface area (Å²) in [6.45, 7) is 19.5. The van der Waals surface area contributed by atoms with E-state index in [0.29, 0.717) is 32.5 Å². The number of ketones is 1. The van der Waals surface area contributed by atoms with Crippen LogP contribution in [0.2, 0.25) is 0 Å². The highest BCUT2D eigenvalue weighted by Crippen LogP contribution is 2.65. The van der Waals surface area contributed by atoms with Gasteiger partial charge in [0.2, 0.25) is 27.6 Å². The second kappa shape index (κ2) is 13.1. The molecule has 2 unspecified atom stereocenters. The van der Waals surface area contributed by atoms with Gasteiger partial charge in [-0.2, -0.15) is 0 Å². The Balaban J connectivity index is 1.96. The number of piperidine rings is 1. The highest BCUT2D eigenvalue weighted by atomic mass is 32.2. The molecule has 6 atom stereocenters. The van der Waals surface area contributed by atoms with E-state index in [2.05, 4.69) is 30.4 Å². The van der Waals surface area contributed by atoms with Crippen LogP contribution in [0.4, 0.5) is 0 Å². The normalized spacial score (nSPS) is 26.2. The topological polar surface area (TPSA) is 133 Å². The van der Waals surface area contributed by atoms with Crippen LogP contribution in [0, 0.1) is 52.3 Å². The summed E-state index contributed by atoms with van der Waals surface area (Å²) in [4.78, 5) is 56.1. The molecule has 3 rings (SSSR count). The van der Waals surface area contributed by atoms with Crippen LogP contribution < -0.4 is 10.6 Å². The van der Waals surface area contributed by atoms with Gasteiger partial charge in [0.15, 0.2) is 0 Å². The number of nitrogens with one attached hydrogen (secondary N) is 2. The Kier molecular flexibility index (Phi) is 10.7. The molecule has 0 aromatic heterocycles. The lowest BCUT2D eigenvalue weighted by molar-refractivity contribution is -0.151. The molecule has 0 bridgehead atoms. The molecule has 0 aromatic carbocycles. The predicted octanol–water partition coefficient (Wildman–Crippen LogP) is 2.82. The van der Waals surface area contributed by atoms with Gasteiger partial charge in [0.1, 0.15) is 6.04 Å². The molecule has 3 fully saturated rings. The summed E-state index contributed by atoms with van der Waals surface area (Å²) in [5.41, 5.74) is -1.12. The largest absolute Gasteiger partial charge is 0.349 e. The van der Waals surface area contributed by atoms with Gasteiger partial charge in [0.05, 0.1) is 11.8 Å². The van der Waals surface area contributed by atoms with Crippen molar-refractivity contribution < 1.29 is 27.6 Å². The van der Waals surface area contributed by atoms with Gasteiger partial charge in [0.25, 0.3) is 5.91 Å². The summed E-state index contributed by atoms with van der Waals surface area (Å²) in [5.74, 6) is -0.443. The van der Waals surface area contributed by atoms with E-state index < -0.39 is 56.5 Å². The summed E-state index contributed by atoms with van der Waals surface area (Å²) in [6.07, 6.45) is 6.99. The monoisotopic (exact) mass is 634 g/mol. The van der Waals surface area contributed by atoms with Crippen LogP contribution in [0.15, 0.2) is 0 Å². The minimum absolute atomic E-state index is 0.101. The number of sulfonamides is 1. The first-order valence-electron chi connectivity index (χ1n) is 16.0. The molecule has 2 aliphatic heterocycles. The second-order valence-electron chi connectivity index (χ2n) is 15.7. The Labute approximate surface area is 264 Å². The molecule has 3 aliphatic rings. The van der Waals surface area contributed by atoms with Gasteiger partial charge < -0.3 is 15.5 Å². The molecule has 2 heterocycles. The van der Waals surface area contributed by atoms with Crippen LogP contribution in [-0.4, -0.2) is 85.1 Å². The summed E-state index contributed by atoms with van der Waals surface area (Å²) in [7, 11) is -3.38. The molecule has 10 nitrogen and oxygen atoms in total. The second-order valence-corrected chi connectivity index (χ2v) is 17.7. The summed E-state index contributed by atoms with van der Waals surface area (Å²) in [6, 6.07) is -1.92. The Morgan fingerprint density at radius 2 is 1.70 bits per heavy atom. The first-order chi connectivity index (χ1) is 20.2. The summed E-state index contributed by atoms with van der Waals surface area (Å²) in [5, 5.41) is 5.39. The maximum Gasteiger partial charge on any atom is 0.289 e. The van der Waals surface area contributed by atoms with E-state index in [0.717, 1.165) is 0 Å². The van der Waals surface area contributed by atoms with E-state index in [4.69, 9.17) is 6.42 Å². The van der Waals surface area contributed by atoms with Gasteiger partial charge in [-0.05, 0) is 53.3 Å². The molecule has 11 heteroatoms. The Morgan fingerprint density at radius 1 is 1.07 bits per heavy atom. The SMILES string of the molecule is C#CCCC(NC(=O)[C@@H]1[C@@H]2[C@H](CN1C(=O)C([C@H](CN1CCCS1(=O)=O)C(C)(C)C)C(C)(C)C)C2(C)C)C(=O)C(=O)NCCC. The van der Waals surface area contributed by atoms with Gasteiger partial charge in [-0.25, -0.2) is 12.7 Å². The molecular weight excluding hydrogens is 580 g/mol. The average Bonchev–Trinajstić information content (AvgIpc) is 3.21. The van der Waals surface area contributed by atoms with E-state index >= 15 is 0 Å². The lowest BCUT2D eigenvalue weighted by atomic mass is 9.63. The van der Waals surface area contributed by atoms with Gasteiger partial charge >= 0.3 is 0 Å². The van der Waals surface area contributed by atoms with Crippen LogP contribution in [0.25, 0.3) is 0 Å². The van der Waals surface area contributed by atoms with E-state index in [1.165, 1.54) is 4.31 Å². The average molecular weight is 635 g/mol. The quantitative estimate of drug-likeness (QED) is 0.251. The maximum absolute atomic E-state index is 14.7. The zero-order valence-electron chi connectivity index (χ0n) is 28.2.